The first-order valence-electron chi connectivity index (χ1n) is 5.33. The van der Waals surface area contributed by atoms with E-state index in [1.807, 2.05) is 6.07 Å². The van der Waals surface area contributed by atoms with E-state index < -0.39 is 0 Å². The van der Waals surface area contributed by atoms with Crippen molar-refractivity contribution in [3.63, 3.8) is 0 Å². The molecule has 4 heteroatoms. The largest absolute Gasteiger partial charge is 0.391 e. The summed E-state index contributed by atoms with van der Waals surface area (Å²) in [5, 5.41) is 18.9. The van der Waals surface area contributed by atoms with Gasteiger partial charge in [-0.05, 0) is 31.0 Å². The normalized spacial score (nSPS) is 20.6. The lowest BCUT2D eigenvalue weighted by atomic mass is 10.1. The van der Waals surface area contributed by atoms with Crippen molar-refractivity contribution in [1.29, 1.82) is 5.26 Å². The molecule has 1 saturated heterocycles. The van der Waals surface area contributed by atoms with E-state index in [9.17, 15) is 5.11 Å². The van der Waals surface area contributed by atoms with E-state index in [1.54, 1.807) is 12.1 Å². The Labute approximate surface area is 99.9 Å². The highest BCUT2D eigenvalue weighted by Crippen LogP contribution is 2.29. The Morgan fingerprint density at radius 2 is 2.31 bits per heavy atom. The molecule has 0 radical (unpaired) electrons. The minimum Gasteiger partial charge on any atom is -0.391 e. The van der Waals surface area contributed by atoms with Crippen molar-refractivity contribution < 1.29 is 5.11 Å². The molecule has 1 unspecified atom stereocenters. The van der Waals surface area contributed by atoms with Crippen molar-refractivity contribution >= 4 is 17.3 Å². The highest BCUT2D eigenvalue weighted by atomic mass is 35.5. The molecule has 0 aliphatic carbocycles. The van der Waals surface area contributed by atoms with E-state index in [-0.39, 0.29) is 6.10 Å². The Morgan fingerprint density at radius 1 is 1.50 bits per heavy atom. The van der Waals surface area contributed by atoms with Crippen molar-refractivity contribution in [3.8, 4) is 6.07 Å². The van der Waals surface area contributed by atoms with E-state index in [0.717, 1.165) is 25.1 Å². The maximum absolute atomic E-state index is 9.60. The quantitative estimate of drug-likeness (QED) is 0.813. The minimum absolute atomic E-state index is 0.277. The molecule has 1 heterocycles. The second-order valence-electron chi connectivity index (χ2n) is 4.02. The number of aliphatic hydroxyl groups is 1. The summed E-state index contributed by atoms with van der Waals surface area (Å²) in [7, 11) is 0. The summed E-state index contributed by atoms with van der Waals surface area (Å²) in [5.41, 5.74) is 1.46. The second-order valence-corrected chi connectivity index (χ2v) is 4.43. The standard InChI is InChI=1S/C12H13ClN2O/c13-11-6-9(7-14)3-4-12(11)15-5-1-2-10(16)8-15/h3-4,6,10,16H,1-2,5,8H2. The average molecular weight is 237 g/mol. The molecule has 0 aromatic heterocycles. The molecule has 84 valence electrons. The van der Waals surface area contributed by atoms with Crippen molar-refractivity contribution in [3.05, 3.63) is 28.8 Å². The molecule has 1 aliphatic heterocycles. The number of halogens is 1. The molecule has 0 saturated carbocycles. The second kappa shape index (κ2) is 4.73. The van der Waals surface area contributed by atoms with Crippen LogP contribution in [-0.4, -0.2) is 24.3 Å². The number of rotatable bonds is 1. The lowest BCUT2D eigenvalue weighted by Crippen LogP contribution is -2.38. The number of β-amino-alcohol motifs (C(OH)–C–C–N with tert-alkyl or cyclic N) is 1. The van der Waals surface area contributed by atoms with Gasteiger partial charge >= 0.3 is 0 Å². The fourth-order valence-corrected chi connectivity index (χ4v) is 2.31. The number of nitriles is 1. The summed E-state index contributed by atoms with van der Waals surface area (Å²) >= 11 is 6.11. The Kier molecular flexibility index (Phi) is 3.33. The molecule has 16 heavy (non-hydrogen) atoms. The first-order valence-corrected chi connectivity index (χ1v) is 5.71. The van der Waals surface area contributed by atoms with Crippen LogP contribution in [0.1, 0.15) is 18.4 Å². The maximum atomic E-state index is 9.60. The summed E-state index contributed by atoms with van der Waals surface area (Å²) in [6, 6.07) is 7.32. The van der Waals surface area contributed by atoms with Gasteiger partial charge in [0.25, 0.3) is 0 Å². The SMILES string of the molecule is N#Cc1ccc(N2CCCC(O)C2)c(Cl)c1. The van der Waals surface area contributed by atoms with Crippen LogP contribution in [0.3, 0.4) is 0 Å². The molecule has 0 bridgehead atoms. The molecular formula is C12H13ClN2O. The van der Waals surface area contributed by atoms with E-state index >= 15 is 0 Å². The first kappa shape index (κ1) is 11.3. The van der Waals surface area contributed by atoms with Crippen LogP contribution in [0.2, 0.25) is 5.02 Å². The molecule has 1 atom stereocenters. The van der Waals surface area contributed by atoms with Crippen molar-refractivity contribution in [1.82, 2.24) is 0 Å². The number of benzene rings is 1. The predicted molar refractivity (Wildman–Crippen MR) is 63.6 cm³/mol. The van der Waals surface area contributed by atoms with Gasteiger partial charge in [-0.3, -0.25) is 0 Å². The third kappa shape index (κ3) is 2.29. The van der Waals surface area contributed by atoms with Gasteiger partial charge in [0, 0.05) is 13.1 Å². The summed E-state index contributed by atoms with van der Waals surface area (Å²) in [4.78, 5) is 2.07. The number of aliphatic hydroxyl groups excluding tert-OH is 1. The van der Waals surface area contributed by atoms with Gasteiger partial charge in [-0.15, -0.1) is 0 Å². The van der Waals surface area contributed by atoms with E-state index in [4.69, 9.17) is 16.9 Å². The van der Waals surface area contributed by atoms with Crippen LogP contribution in [0, 0.1) is 11.3 Å². The summed E-state index contributed by atoms with van der Waals surface area (Å²) in [5.74, 6) is 0. The molecule has 1 aliphatic rings. The van der Waals surface area contributed by atoms with Gasteiger partial charge in [0.2, 0.25) is 0 Å². The van der Waals surface area contributed by atoms with E-state index in [2.05, 4.69) is 11.0 Å². The van der Waals surface area contributed by atoms with Gasteiger partial charge < -0.3 is 10.0 Å². The van der Waals surface area contributed by atoms with Crippen LogP contribution >= 0.6 is 11.6 Å². The highest BCUT2D eigenvalue weighted by Gasteiger charge is 2.19. The Morgan fingerprint density at radius 3 is 2.94 bits per heavy atom. The number of piperidine rings is 1. The summed E-state index contributed by atoms with van der Waals surface area (Å²) < 4.78 is 0. The molecule has 0 spiro atoms. The van der Waals surface area contributed by atoms with Crippen molar-refractivity contribution in [2.24, 2.45) is 0 Å². The molecule has 1 aromatic rings. The van der Waals surface area contributed by atoms with Gasteiger partial charge in [0.1, 0.15) is 0 Å². The third-order valence-electron chi connectivity index (χ3n) is 2.81. The molecule has 3 nitrogen and oxygen atoms in total. The molecule has 1 fully saturated rings. The molecule has 1 N–H and O–H groups in total. The van der Waals surface area contributed by atoms with E-state index in [0.29, 0.717) is 17.1 Å². The molecule has 1 aromatic carbocycles. The lowest BCUT2D eigenvalue weighted by Gasteiger charge is -2.32. The topological polar surface area (TPSA) is 47.3 Å². The van der Waals surface area contributed by atoms with Crippen molar-refractivity contribution in [2.45, 2.75) is 18.9 Å². The minimum atomic E-state index is -0.277. The highest BCUT2D eigenvalue weighted by molar-refractivity contribution is 6.33. The van der Waals surface area contributed by atoms with Gasteiger partial charge in [-0.2, -0.15) is 5.26 Å². The number of nitrogens with zero attached hydrogens (tertiary/aromatic N) is 2. The zero-order chi connectivity index (χ0) is 11.5. The number of hydrogen-bond donors (Lipinski definition) is 1. The van der Waals surface area contributed by atoms with Gasteiger partial charge in [0.05, 0.1) is 28.4 Å². The fraction of sp³-hybridized carbons (Fsp3) is 0.417. The molecule has 2 rings (SSSR count). The lowest BCUT2D eigenvalue weighted by molar-refractivity contribution is 0.154. The zero-order valence-corrected chi connectivity index (χ0v) is 9.61. The van der Waals surface area contributed by atoms with Gasteiger partial charge in [-0.25, -0.2) is 0 Å². The maximum Gasteiger partial charge on any atom is 0.0992 e. The monoisotopic (exact) mass is 236 g/mol. The van der Waals surface area contributed by atoms with Crippen LogP contribution in [0.5, 0.6) is 0 Å². The summed E-state index contributed by atoms with van der Waals surface area (Å²) in [6.07, 6.45) is 1.54. The van der Waals surface area contributed by atoms with Crippen LogP contribution in [0.15, 0.2) is 18.2 Å². The fourth-order valence-electron chi connectivity index (χ4n) is 2.01. The van der Waals surface area contributed by atoms with Crippen LogP contribution in [-0.2, 0) is 0 Å². The molecular weight excluding hydrogens is 224 g/mol. The van der Waals surface area contributed by atoms with Crippen LogP contribution in [0.4, 0.5) is 5.69 Å². The van der Waals surface area contributed by atoms with Crippen LogP contribution < -0.4 is 4.90 Å². The van der Waals surface area contributed by atoms with Gasteiger partial charge in [-0.1, -0.05) is 11.6 Å². The molecule has 0 amide bonds. The predicted octanol–water partition coefficient (Wildman–Crippen LogP) is 2.17. The van der Waals surface area contributed by atoms with Crippen molar-refractivity contribution in [2.75, 3.05) is 18.0 Å². The Balaban J connectivity index is 2.23. The first-order chi connectivity index (χ1) is 7.70. The van der Waals surface area contributed by atoms with Gasteiger partial charge in [0.15, 0.2) is 0 Å². The summed E-state index contributed by atoms with van der Waals surface area (Å²) in [6.45, 7) is 1.52. The Hall–Kier alpha value is -1.24. The smallest absolute Gasteiger partial charge is 0.0992 e. The third-order valence-corrected chi connectivity index (χ3v) is 3.12. The number of hydrogen-bond acceptors (Lipinski definition) is 3. The average Bonchev–Trinajstić information content (AvgIpc) is 2.28. The van der Waals surface area contributed by atoms with E-state index in [1.165, 1.54) is 0 Å². The van der Waals surface area contributed by atoms with Crippen LogP contribution in [0.25, 0.3) is 0 Å². The Bertz CT molecular complexity index is 428. The number of anilines is 1. The zero-order valence-electron chi connectivity index (χ0n) is 8.86.